The number of carbonyl (C=O) groups is 2. The number of ketones is 1. The number of rotatable bonds is 8. The van der Waals surface area contributed by atoms with Gasteiger partial charge in [0.05, 0.1) is 12.5 Å². The highest BCUT2D eigenvalue weighted by Gasteiger charge is 2.22. The Morgan fingerprint density at radius 3 is 2.23 bits per heavy atom. The largest absolute Gasteiger partial charge is 0.489 e. The smallest absolute Gasteiger partial charge is 0.324 e. The molecule has 2 aromatic heterocycles. The van der Waals surface area contributed by atoms with E-state index < -0.39 is 16.1 Å². The molecule has 2 amide bonds. The van der Waals surface area contributed by atoms with Gasteiger partial charge in [-0.3, -0.25) is 14.7 Å². The second-order valence-electron chi connectivity index (χ2n) is 11.8. The van der Waals surface area contributed by atoms with E-state index in [2.05, 4.69) is 39.5 Å². The van der Waals surface area contributed by atoms with Crippen molar-refractivity contribution >= 4 is 33.4 Å². The Hall–Kier alpha value is -3.81. The second-order valence-corrected chi connectivity index (χ2v) is 13.2. The summed E-state index contributed by atoms with van der Waals surface area (Å²) in [5.41, 5.74) is 1.62. The van der Waals surface area contributed by atoms with Gasteiger partial charge in [-0.15, -0.1) is 0 Å². The summed E-state index contributed by atoms with van der Waals surface area (Å²) in [5.74, 6) is 1.63. The molecule has 3 aromatic rings. The van der Waals surface area contributed by atoms with E-state index in [0.29, 0.717) is 41.0 Å². The number of nitrogens with zero attached hydrogens (tertiary/aromatic N) is 3. The number of piperidine rings is 1. The summed E-state index contributed by atoms with van der Waals surface area (Å²) in [6, 6.07) is 12.5. The predicted octanol–water partition coefficient (Wildman–Crippen LogP) is 5.19. The van der Waals surface area contributed by atoms with Gasteiger partial charge in [0, 0.05) is 42.7 Å². The molecule has 1 saturated heterocycles. The van der Waals surface area contributed by atoms with Gasteiger partial charge in [-0.05, 0) is 56.5 Å². The fourth-order valence-corrected chi connectivity index (χ4v) is 4.27. The molecular formula is C30H41N5O7S. The molecule has 1 aliphatic heterocycles. The zero-order chi connectivity index (χ0) is 31.8. The average Bonchev–Trinajstić information content (AvgIpc) is 3.39. The highest BCUT2D eigenvalue weighted by atomic mass is 32.2. The first-order valence-corrected chi connectivity index (χ1v) is 15.9. The van der Waals surface area contributed by atoms with Gasteiger partial charge in [-0.25, -0.2) is 9.78 Å². The van der Waals surface area contributed by atoms with E-state index in [-0.39, 0.29) is 23.7 Å². The molecule has 0 atom stereocenters. The molecular weight excluding hydrogens is 574 g/mol. The number of pyridine rings is 1. The van der Waals surface area contributed by atoms with Crippen molar-refractivity contribution in [2.75, 3.05) is 30.0 Å². The number of anilines is 2. The average molecular weight is 616 g/mol. The van der Waals surface area contributed by atoms with Gasteiger partial charge >= 0.3 is 6.03 Å². The lowest BCUT2D eigenvalue weighted by molar-refractivity contribution is 0.0840. The van der Waals surface area contributed by atoms with E-state index in [1.807, 2.05) is 39.0 Å². The lowest BCUT2D eigenvalue weighted by Crippen LogP contribution is -2.41. The van der Waals surface area contributed by atoms with Crippen LogP contribution in [0.15, 0.2) is 53.2 Å². The van der Waals surface area contributed by atoms with Crippen LogP contribution < -0.4 is 15.4 Å². The Morgan fingerprint density at radius 1 is 1.09 bits per heavy atom. The molecule has 0 aliphatic carbocycles. The number of ether oxygens (including phenoxy) is 1. The first kappa shape index (κ1) is 33.7. The van der Waals surface area contributed by atoms with Crippen LogP contribution in [0.1, 0.15) is 69.3 Å². The van der Waals surface area contributed by atoms with E-state index in [0.717, 1.165) is 31.5 Å². The molecule has 1 aliphatic rings. The van der Waals surface area contributed by atoms with E-state index in [9.17, 15) is 18.0 Å². The fraction of sp³-hybridized carbons (Fsp3) is 0.467. The van der Waals surface area contributed by atoms with E-state index >= 15 is 0 Å². The topological polar surface area (TPSA) is 164 Å². The minimum Gasteiger partial charge on any atom is -0.489 e. The van der Waals surface area contributed by atoms with Gasteiger partial charge < -0.3 is 19.5 Å². The maximum absolute atomic E-state index is 12.7. The Labute approximate surface area is 252 Å². The molecule has 0 spiro atoms. The normalized spacial score (nSPS) is 14.5. The number of likely N-dealkylation sites (tertiary alicyclic amines) is 1. The van der Waals surface area contributed by atoms with E-state index in [1.54, 1.807) is 30.5 Å². The van der Waals surface area contributed by atoms with Crippen LogP contribution >= 0.6 is 0 Å². The highest BCUT2D eigenvalue weighted by molar-refractivity contribution is 7.85. The van der Waals surface area contributed by atoms with Gasteiger partial charge in [0.15, 0.2) is 11.6 Å². The monoisotopic (exact) mass is 615 g/mol. The van der Waals surface area contributed by atoms with Crippen molar-refractivity contribution in [2.24, 2.45) is 0 Å². The second kappa shape index (κ2) is 14.6. The van der Waals surface area contributed by atoms with Gasteiger partial charge in [-0.1, -0.05) is 38.1 Å². The SMILES string of the molecule is CC(C)N1CCC(Oc2ccc(C(=O)Cc3ccc(NC(=O)Nc4cc(C(C)(C)C)on4)cc3)nc2)CC1.CS(=O)(=O)O. The maximum Gasteiger partial charge on any atom is 0.324 e. The number of hydrogen-bond donors (Lipinski definition) is 3. The first-order chi connectivity index (χ1) is 20.1. The predicted molar refractivity (Wildman–Crippen MR) is 164 cm³/mol. The summed E-state index contributed by atoms with van der Waals surface area (Å²) in [5, 5.41) is 9.29. The zero-order valence-corrected chi connectivity index (χ0v) is 26.3. The zero-order valence-electron chi connectivity index (χ0n) is 25.5. The van der Waals surface area contributed by atoms with Crippen LogP contribution in [0, 0.1) is 0 Å². The Kier molecular flexibility index (Phi) is 11.4. The number of carbonyl (C=O) groups excluding carboxylic acids is 2. The third-order valence-corrected chi connectivity index (χ3v) is 6.60. The van der Waals surface area contributed by atoms with Crippen molar-refractivity contribution < 1.29 is 31.8 Å². The molecule has 1 fully saturated rings. The molecule has 43 heavy (non-hydrogen) atoms. The molecule has 0 unspecified atom stereocenters. The van der Waals surface area contributed by atoms with Gasteiger partial charge in [0.2, 0.25) is 0 Å². The minimum atomic E-state index is -3.67. The molecule has 234 valence electrons. The maximum atomic E-state index is 12.7. The van der Waals surface area contributed by atoms with Gasteiger partial charge in [0.1, 0.15) is 23.3 Å². The lowest BCUT2D eigenvalue weighted by Gasteiger charge is -2.34. The number of hydrogen-bond acceptors (Lipinski definition) is 9. The van der Waals surface area contributed by atoms with E-state index in [4.69, 9.17) is 13.8 Å². The standard InChI is InChI=1S/C29H37N5O4.CH4O3S/c1-19(2)34-14-12-22(13-15-34)37-23-10-11-24(30-18-23)25(35)16-20-6-8-21(9-7-20)31-28(36)32-27-17-26(38-33-27)29(3,4)5;1-5(2,3)4/h6-11,17-19,22H,12-16H2,1-5H3,(H2,31,32,33,36);1H3,(H,2,3,4). The third kappa shape index (κ3) is 11.8. The lowest BCUT2D eigenvalue weighted by atomic mass is 9.93. The van der Waals surface area contributed by atoms with Crippen LogP contribution in [0.4, 0.5) is 16.3 Å². The van der Waals surface area contributed by atoms with Crippen LogP contribution in [-0.2, 0) is 22.0 Å². The quantitative estimate of drug-likeness (QED) is 0.227. The van der Waals surface area contributed by atoms with Crippen molar-refractivity contribution in [3.63, 3.8) is 0 Å². The summed E-state index contributed by atoms with van der Waals surface area (Å²) in [6.07, 6.45) is 4.72. The number of Topliss-reactive ketones (excluding diaryl/α,β-unsaturated/α-hetero) is 1. The third-order valence-electron chi connectivity index (χ3n) is 6.60. The summed E-state index contributed by atoms with van der Waals surface area (Å²) in [4.78, 5) is 31.8. The summed E-state index contributed by atoms with van der Waals surface area (Å²) in [6.45, 7) is 12.5. The van der Waals surface area contributed by atoms with Gasteiger partial charge in [0.25, 0.3) is 10.1 Å². The highest BCUT2D eigenvalue weighted by Crippen LogP contribution is 2.24. The molecule has 3 heterocycles. The van der Waals surface area contributed by atoms with E-state index in [1.165, 1.54) is 0 Å². The molecule has 1 aromatic carbocycles. The number of nitrogens with one attached hydrogen (secondary N) is 2. The van der Waals surface area contributed by atoms with Crippen LogP contribution in [0.25, 0.3) is 0 Å². The van der Waals surface area contributed by atoms with Crippen molar-refractivity contribution in [2.45, 2.75) is 71.4 Å². The number of urea groups is 1. The molecule has 12 nitrogen and oxygen atoms in total. The minimum absolute atomic E-state index is 0.0825. The van der Waals surface area contributed by atoms with Crippen LogP contribution in [0.2, 0.25) is 0 Å². The van der Waals surface area contributed by atoms with Crippen LogP contribution in [0.3, 0.4) is 0 Å². The molecule has 13 heteroatoms. The number of aromatic nitrogens is 2. The molecule has 0 bridgehead atoms. The number of amides is 2. The number of benzene rings is 1. The van der Waals surface area contributed by atoms with Crippen molar-refractivity contribution in [1.29, 1.82) is 0 Å². The summed E-state index contributed by atoms with van der Waals surface area (Å²) >= 11 is 0. The van der Waals surface area contributed by atoms with Crippen molar-refractivity contribution in [3.05, 3.63) is 65.7 Å². The fourth-order valence-electron chi connectivity index (χ4n) is 4.27. The van der Waals surface area contributed by atoms with Crippen molar-refractivity contribution in [1.82, 2.24) is 15.0 Å². The van der Waals surface area contributed by atoms with Crippen molar-refractivity contribution in [3.8, 4) is 5.75 Å². The molecule has 0 radical (unpaired) electrons. The Bertz CT molecular complexity index is 1450. The molecule has 4 rings (SSSR count). The van der Waals surface area contributed by atoms with Crippen LogP contribution in [-0.4, -0.2) is 71.3 Å². The van der Waals surface area contributed by atoms with Crippen LogP contribution in [0.5, 0.6) is 5.75 Å². The molecule has 3 N–H and O–H groups in total. The summed E-state index contributed by atoms with van der Waals surface area (Å²) in [7, 11) is -3.67. The Balaban J connectivity index is 0.000000934. The first-order valence-electron chi connectivity index (χ1n) is 14.0. The van der Waals surface area contributed by atoms with Gasteiger partial charge in [-0.2, -0.15) is 8.42 Å². The molecule has 0 saturated carbocycles. The Morgan fingerprint density at radius 2 is 1.72 bits per heavy atom. The summed E-state index contributed by atoms with van der Waals surface area (Å²) < 4.78 is 37.2.